The molecule has 2 aromatic carbocycles. The molecule has 0 aliphatic carbocycles. The molecule has 1 N–H and O–H groups in total. The van der Waals surface area contributed by atoms with Gasteiger partial charge in [0.2, 0.25) is 0 Å². The molecule has 1 aliphatic heterocycles. The first-order chi connectivity index (χ1) is 13.6. The van der Waals surface area contributed by atoms with E-state index in [2.05, 4.69) is 27.7 Å². The lowest BCUT2D eigenvalue weighted by molar-refractivity contribution is 0.0919. The standard InChI is InChI=1S/C22H20F2N2OS/c23-18-6-3-7-19(24)21(18)22(27)25-12-20(17-9-11-28-14-17)26-10-8-15-4-1-2-5-16(15)13-26/h1-7,9,11,14,20H,8,10,12-13H2,(H,25,27)/t20-/m0/s1. The van der Waals surface area contributed by atoms with Crippen LogP contribution in [0.1, 0.15) is 33.1 Å². The van der Waals surface area contributed by atoms with Crippen LogP contribution >= 0.6 is 11.3 Å². The minimum atomic E-state index is -0.850. The maximum absolute atomic E-state index is 13.9. The highest BCUT2D eigenvalue weighted by atomic mass is 32.1. The average Bonchev–Trinajstić information content (AvgIpc) is 3.22. The Kier molecular flexibility index (Phi) is 5.50. The Balaban J connectivity index is 1.53. The summed E-state index contributed by atoms with van der Waals surface area (Å²) in [6, 6.07) is 13.8. The summed E-state index contributed by atoms with van der Waals surface area (Å²) < 4.78 is 27.8. The summed E-state index contributed by atoms with van der Waals surface area (Å²) in [5.74, 6) is -2.43. The summed E-state index contributed by atoms with van der Waals surface area (Å²) >= 11 is 1.59. The normalized spacial score (nSPS) is 15.1. The number of thiophene rings is 1. The second-order valence-electron chi connectivity index (χ2n) is 6.87. The molecular weight excluding hydrogens is 378 g/mol. The highest BCUT2D eigenvalue weighted by Gasteiger charge is 2.26. The van der Waals surface area contributed by atoms with Crippen molar-refractivity contribution in [2.24, 2.45) is 0 Å². The molecule has 1 atom stereocenters. The van der Waals surface area contributed by atoms with E-state index < -0.39 is 23.1 Å². The molecule has 3 nitrogen and oxygen atoms in total. The van der Waals surface area contributed by atoms with Crippen molar-refractivity contribution in [3.05, 3.63) is 93.2 Å². The number of rotatable bonds is 5. The van der Waals surface area contributed by atoms with Crippen molar-refractivity contribution in [3.63, 3.8) is 0 Å². The average molecular weight is 398 g/mol. The molecule has 6 heteroatoms. The smallest absolute Gasteiger partial charge is 0.257 e. The lowest BCUT2D eigenvalue weighted by atomic mass is 9.97. The number of hydrogen-bond acceptors (Lipinski definition) is 3. The van der Waals surface area contributed by atoms with Gasteiger partial charge >= 0.3 is 0 Å². The fourth-order valence-corrected chi connectivity index (χ4v) is 4.41. The minimum Gasteiger partial charge on any atom is -0.350 e. The van der Waals surface area contributed by atoms with Gasteiger partial charge in [0.25, 0.3) is 5.91 Å². The third-order valence-corrected chi connectivity index (χ3v) is 5.88. The van der Waals surface area contributed by atoms with Crippen LogP contribution in [0.15, 0.2) is 59.3 Å². The Morgan fingerprint density at radius 3 is 2.54 bits per heavy atom. The Bertz CT molecular complexity index is 954. The Morgan fingerprint density at radius 2 is 1.82 bits per heavy atom. The summed E-state index contributed by atoms with van der Waals surface area (Å²) in [6.07, 6.45) is 0.937. The van der Waals surface area contributed by atoms with Crippen LogP contribution in [0.2, 0.25) is 0 Å². The summed E-state index contributed by atoms with van der Waals surface area (Å²) in [6.45, 7) is 1.92. The van der Waals surface area contributed by atoms with E-state index in [0.29, 0.717) is 0 Å². The van der Waals surface area contributed by atoms with Gasteiger partial charge in [-0.15, -0.1) is 0 Å². The maximum Gasteiger partial charge on any atom is 0.257 e. The summed E-state index contributed by atoms with van der Waals surface area (Å²) in [5.41, 5.74) is 3.19. The van der Waals surface area contributed by atoms with Gasteiger partial charge in [0.15, 0.2) is 0 Å². The zero-order valence-corrected chi connectivity index (χ0v) is 16.0. The van der Waals surface area contributed by atoms with Crippen molar-refractivity contribution < 1.29 is 13.6 Å². The number of hydrogen-bond donors (Lipinski definition) is 1. The lowest BCUT2D eigenvalue weighted by Crippen LogP contribution is -2.40. The molecule has 0 spiro atoms. The van der Waals surface area contributed by atoms with Crippen LogP contribution in [-0.2, 0) is 13.0 Å². The Morgan fingerprint density at radius 1 is 1.07 bits per heavy atom. The Labute approximate surface area is 166 Å². The van der Waals surface area contributed by atoms with E-state index in [4.69, 9.17) is 0 Å². The van der Waals surface area contributed by atoms with Crippen molar-refractivity contribution in [1.82, 2.24) is 10.2 Å². The van der Waals surface area contributed by atoms with Crippen LogP contribution in [0.4, 0.5) is 8.78 Å². The first-order valence-corrected chi connectivity index (χ1v) is 10.1. The molecule has 1 aromatic heterocycles. The van der Waals surface area contributed by atoms with Crippen LogP contribution in [0.25, 0.3) is 0 Å². The molecule has 0 fully saturated rings. The number of fused-ring (bicyclic) bond motifs is 1. The predicted octanol–water partition coefficient (Wildman–Crippen LogP) is 4.56. The number of amides is 1. The second-order valence-corrected chi connectivity index (χ2v) is 7.65. The fraction of sp³-hybridized carbons (Fsp3) is 0.227. The third kappa shape index (κ3) is 3.84. The number of carbonyl (C=O) groups is 1. The van der Waals surface area contributed by atoms with Gasteiger partial charge in [-0.2, -0.15) is 11.3 Å². The van der Waals surface area contributed by atoms with Gasteiger partial charge in [-0.3, -0.25) is 9.69 Å². The topological polar surface area (TPSA) is 32.3 Å². The first kappa shape index (κ1) is 18.8. The van der Waals surface area contributed by atoms with Crippen LogP contribution < -0.4 is 5.32 Å². The SMILES string of the molecule is O=C(NC[C@@H](c1ccsc1)N1CCc2ccccc2C1)c1c(F)cccc1F. The molecule has 3 aromatic rings. The molecule has 0 saturated heterocycles. The van der Waals surface area contributed by atoms with Gasteiger partial charge in [-0.25, -0.2) is 8.78 Å². The predicted molar refractivity (Wildman–Crippen MR) is 106 cm³/mol. The highest BCUT2D eigenvalue weighted by Crippen LogP contribution is 2.29. The van der Waals surface area contributed by atoms with E-state index in [1.807, 2.05) is 23.6 Å². The van der Waals surface area contributed by atoms with Crippen molar-refractivity contribution >= 4 is 17.2 Å². The maximum atomic E-state index is 13.9. The highest BCUT2D eigenvalue weighted by molar-refractivity contribution is 7.07. The molecule has 4 rings (SSSR count). The van der Waals surface area contributed by atoms with Gasteiger partial charge in [0.05, 0.1) is 6.04 Å². The van der Waals surface area contributed by atoms with Crippen LogP contribution in [0.5, 0.6) is 0 Å². The molecule has 2 heterocycles. The summed E-state index contributed by atoms with van der Waals surface area (Å²) in [4.78, 5) is 14.7. The molecule has 0 radical (unpaired) electrons. The van der Waals surface area contributed by atoms with Crippen LogP contribution in [0, 0.1) is 11.6 Å². The van der Waals surface area contributed by atoms with E-state index in [1.165, 1.54) is 17.2 Å². The number of carbonyl (C=O) groups excluding carboxylic acids is 1. The van der Waals surface area contributed by atoms with E-state index in [-0.39, 0.29) is 12.6 Å². The largest absolute Gasteiger partial charge is 0.350 e. The number of nitrogens with zero attached hydrogens (tertiary/aromatic N) is 1. The van der Waals surface area contributed by atoms with Gasteiger partial charge in [0, 0.05) is 19.6 Å². The molecule has 28 heavy (non-hydrogen) atoms. The Hall–Kier alpha value is -2.57. The number of benzene rings is 2. The first-order valence-electron chi connectivity index (χ1n) is 9.18. The van der Waals surface area contributed by atoms with Crippen molar-refractivity contribution in [2.45, 2.75) is 19.0 Å². The minimum absolute atomic E-state index is 0.0570. The van der Waals surface area contributed by atoms with E-state index in [0.717, 1.165) is 37.2 Å². The second kappa shape index (κ2) is 8.20. The molecular formula is C22H20F2N2OS. The van der Waals surface area contributed by atoms with Crippen molar-refractivity contribution in [2.75, 3.05) is 13.1 Å². The van der Waals surface area contributed by atoms with E-state index in [1.54, 1.807) is 11.3 Å². The van der Waals surface area contributed by atoms with Crippen molar-refractivity contribution in [1.29, 1.82) is 0 Å². The van der Waals surface area contributed by atoms with Gasteiger partial charge < -0.3 is 5.32 Å². The monoisotopic (exact) mass is 398 g/mol. The molecule has 0 bridgehead atoms. The zero-order chi connectivity index (χ0) is 19.5. The fourth-order valence-electron chi connectivity index (χ4n) is 3.70. The third-order valence-electron chi connectivity index (χ3n) is 5.17. The van der Waals surface area contributed by atoms with Gasteiger partial charge in [0.1, 0.15) is 17.2 Å². The molecule has 0 saturated carbocycles. The van der Waals surface area contributed by atoms with Gasteiger partial charge in [-0.05, 0) is 52.1 Å². The van der Waals surface area contributed by atoms with E-state index in [9.17, 15) is 13.6 Å². The zero-order valence-electron chi connectivity index (χ0n) is 15.2. The molecule has 0 unspecified atom stereocenters. The van der Waals surface area contributed by atoms with E-state index >= 15 is 0 Å². The summed E-state index contributed by atoms with van der Waals surface area (Å²) in [5, 5.41) is 6.79. The number of halogens is 2. The van der Waals surface area contributed by atoms with Gasteiger partial charge in [-0.1, -0.05) is 30.3 Å². The molecule has 144 valence electrons. The molecule has 1 aliphatic rings. The van der Waals surface area contributed by atoms with Crippen molar-refractivity contribution in [3.8, 4) is 0 Å². The lowest BCUT2D eigenvalue weighted by Gasteiger charge is -2.35. The quantitative estimate of drug-likeness (QED) is 0.684. The van der Waals surface area contributed by atoms with Crippen LogP contribution in [0.3, 0.4) is 0 Å². The summed E-state index contributed by atoms with van der Waals surface area (Å²) in [7, 11) is 0. The van der Waals surface area contributed by atoms with Crippen LogP contribution in [-0.4, -0.2) is 23.9 Å². The number of nitrogens with one attached hydrogen (secondary N) is 1. The molecule has 1 amide bonds.